The van der Waals surface area contributed by atoms with Crippen molar-refractivity contribution in [1.29, 1.82) is 0 Å². The average Bonchev–Trinajstić information content (AvgIpc) is 2.66. The van der Waals surface area contributed by atoms with Gasteiger partial charge in [-0.15, -0.1) is 0 Å². The molecule has 0 amide bonds. The summed E-state index contributed by atoms with van der Waals surface area (Å²) in [6.45, 7) is 0. The lowest BCUT2D eigenvalue weighted by Gasteiger charge is -2.56. The third-order valence-electron chi connectivity index (χ3n) is 4.78. The third kappa shape index (κ3) is 2.68. The summed E-state index contributed by atoms with van der Waals surface area (Å²) in [5, 5.41) is 0. The maximum Gasteiger partial charge on any atom is 0.208 e. The van der Waals surface area contributed by atoms with Gasteiger partial charge in [0, 0.05) is 0 Å². The van der Waals surface area contributed by atoms with Crippen LogP contribution in [0.15, 0.2) is 78.6 Å². The van der Waals surface area contributed by atoms with Gasteiger partial charge < -0.3 is 4.74 Å². The number of rotatable bonds is 2. The zero-order chi connectivity index (χ0) is 18.5. The van der Waals surface area contributed by atoms with Crippen molar-refractivity contribution in [3.8, 4) is 0 Å². The summed E-state index contributed by atoms with van der Waals surface area (Å²) >= 11 is 14.1. The lowest BCUT2D eigenvalue weighted by atomic mass is 9.69. The van der Waals surface area contributed by atoms with E-state index in [4.69, 9.17) is 4.74 Å². The molecule has 1 fully saturated rings. The van der Waals surface area contributed by atoms with Gasteiger partial charge in [0.15, 0.2) is 0 Å². The van der Waals surface area contributed by atoms with Gasteiger partial charge >= 0.3 is 0 Å². The number of hydrogen-bond donors (Lipinski definition) is 0. The Kier molecular flexibility index (Phi) is 5.16. The fraction of sp³-hybridized carbons (Fsp3) is 0.150. The van der Waals surface area contributed by atoms with Gasteiger partial charge in [-0.1, -0.05) is 92.5 Å². The standard InChI is InChI=1S/C20H12Br4O2/c21-14-16(25)15(22)19(24)20(18(14)23)13(11-7-3-1-4-8-11)17(26-20)12-9-5-2-6-10-12/h1-10,13,17H/t13-,17+/m1/s1. The van der Waals surface area contributed by atoms with Gasteiger partial charge in [-0.2, -0.15) is 0 Å². The molecule has 0 saturated carbocycles. The van der Waals surface area contributed by atoms with Gasteiger partial charge in [-0.3, -0.25) is 4.79 Å². The Hall–Kier alpha value is -0.530. The third-order valence-corrected chi connectivity index (χ3v) is 9.33. The fourth-order valence-corrected chi connectivity index (χ4v) is 6.50. The van der Waals surface area contributed by atoms with Crippen molar-refractivity contribution < 1.29 is 9.53 Å². The van der Waals surface area contributed by atoms with E-state index in [1.807, 2.05) is 36.4 Å². The van der Waals surface area contributed by atoms with Crippen LogP contribution in [0.1, 0.15) is 23.1 Å². The Morgan fingerprint density at radius 2 is 1.19 bits per heavy atom. The first-order chi connectivity index (χ1) is 12.5. The molecule has 0 unspecified atom stereocenters. The van der Waals surface area contributed by atoms with Crippen LogP contribution in [0.3, 0.4) is 0 Å². The number of ether oxygens (including phenoxy) is 1. The van der Waals surface area contributed by atoms with Crippen molar-refractivity contribution in [2.75, 3.05) is 0 Å². The first-order valence-electron chi connectivity index (χ1n) is 7.92. The molecule has 132 valence electrons. The van der Waals surface area contributed by atoms with Crippen LogP contribution in [-0.4, -0.2) is 11.4 Å². The predicted octanol–water partition coefficient (Wildman–Crippen LogP) is 6.87. The number of benzene rings is 2. The zero-order valence-corrected chi connectivity index (χ0v) is 19.6. The number of hydrogen-bond acceptors (Lipinski definition) is 2. The second-order valence-corrected chi connectivity index (χ2v) is 9.33. The van der Waals surface area contributed by atoms with Crippen molar-refractivity contribution in [3.63, 3.8) is 0 Å². The largest absolute Gasteiger partial charge is 0.355 e. The molecule has 1 saturated heterocycles. The van der Waals surface area contributed by atoms with Crippen LogP contribution in [0, 0.1) is 0 Å². The molecule has 1 spiro atoms. The van der Waals surface area contributed by atoms with Gasteiger partial charge in [0.25, 0.3) is 0 Å². The fourth-order valence-electron chi connectivity index (χ4n) is 3.55. The summed E-state index contributed by atoms with van der Waals surface area (Å²) < 4.78 is 8.86. The van der Waals surface area contributed by atoms with Crippen molar-refractivity contribution in [1.82, 2.24) is 0 Å². The summed E-state index contributed by atoms with van der Waals surface area (Å²) in [6, 6.07) is 20.4. The monoisotopic (exact) mass is 600 g/mol. The Morgan fingerprint density at radius 1 is 0.731 bits per heavy atom. The molecule has 1 aliphatic carbocycles. The predicted molar refractivity (Wildman–Crippen MR) is 117 cm³/mol. The lowest BCUT2D eigenvalue weighted by molar-refractivity contribution is -0.181. The van der Waals surface area contributed by atoms with E-state index in [0.717, 1.165) is 11.1 Å². The van der Waals surface area contributed by atoms with Gasteiger partial charge in [-0.05, 0) is 43.0 Å². The van der Waals surface area contributed by atoms with E-state index < -0.39 is 5.60 Å². The van der Waals surface area contributed by atoms with Gasteiger partial charge in [-0.25, -0.2) is 0 Å². The lowest BCUT2D eigenvalue weighted by Crippen LogP contribution is -2.56. The van der Waals surface area contributed by atoms with Crippen molar-refractivity contribution in [2.45, 2.75) is 17.6 Å². The molecule has 26 heavy (non-hydrogen) atoms. The van der Waals surface area contributed by atoms with Crippen molar-refractivity contribution >= 4 is 69.5 Å². The highest BCUT2D eigenvalue weighted by atomic mass is 79.9. The van der Waals surface area contributed by atoms with E-state index in [2.05, 4.69) is 88.0 Å². The normalized spacial score (nSPS) is 24.8. The summed E-state index contributed by atoms with van der Waals surface area (Å²) in [5.74, 6) is -0.115. The second kappa shape index (κ2) is 7.13. The zero-order valence-electron chi connectivity index (χ0n) is 13.3. The highest BCUT2D eigenvalue weighted by Crippen LogP contribution is 2.66. The highest BCUT2D eigenvalue weighted by molar-refractivity contribution is 9.15. The minimum absolute atomic E-state index is 0.00282. The number of carbonyl (C=O) groups excluding carboxylic acids is 1. The molecule has 0 bridgehead atoms. The molecule has 2 atom stereocenters. The molecule has 2 aliphatic rings. The summed E-state index contributed by atoms with van der Waals surface area (Å²) in [6.07, 6.45) is -0.118. The van der Waals surface area contributed by atoms with E-state index in [1.165, 1.54) is 0 Å². The number of Topliss-reactive ketones (excluding diaryl/α,β-unsaturated/α-hetero) is 1. The smallest absolute Gasteiger partial charge is 0.208 e. The van der Waals surface area contributed by atoms with E-state index in [1.54, 1.807) is 0 Å². The molecule has 0 radical (unpaired) electrons. The Bertz CT molecular complexity index is 907. The molecule has 1 heterocycles. The van der Waals surface area contributed by atoms with Crippen LogP contribution in [0.5, 0.6) is 0 Å². The minimum atomic E-state index is -0.784. The first-order valence-corrected chi connectivity index (χ1v) is 11.1. The van der Waals surface area contributed by atoms with Crippen LogP contribution in [0.2, 0.25) is 0 Å². The molecule has 2 aromatic rings. The first kappa shape index (κ1) is 18.8. The van der Waals surface area contributed by atoms with Gasteiger partial charge in [0.2, 0.25) is 5.78 Å². The maximum absolute atomic E-state index is 12.4. The molecule has 0 aromatic heterocycles. The van der Waals surface area contributed by atoms with Crippen LogP contribution >= 0.6 is 63.7 Å². The molecule has 6 heteroatoms. The SMILES string of the molecule is O=C1C(Br)=C(Br)C2(O[C@@H](c3ccccc3)[C@H]2c2ccccc2)C(Br)=C1Br. The van der Waals surface area contributed by atoms with Crippen molar-refractivity contribution in [3.05, 3.63) is 89.7 Å². The average molecular weight is 604 g/mol. The van der Waals surface area contributed by atoms with Crippen LogP contribution in [0.25, 0.3) is 0 Å². The van der Waals surface area contributed by atoms with Crippen LogP contribution in [0.4, 0.5) is 0 Å². The summed E-state index contributed by atoms with van der Waals surface area (Å²) in [5.41, 5.74) is 1.47. The maximum atomic E-state index is 12.4. The molecular formula is C20H12Br4O2. The summed E-state index contributed by atoms with van der Waals surface area (Å²) in [7, 11) is 0. The highest BCUT2D eigenvalue weighted by Gasteiger charge is 2.63. The van der Waals surface area contributed by atoms with E-state index >= 15 is 0 Å². The Labute approximate surface area is 185 Å². The minimum Gasteiger partial charge on any atom is -0.355 e. The molecule has 2 nitrogen and oxygen atoms in total. The number of halogens is 4. The Morgan fingerprint density at radius 3 is 1.69 bits per heavy atom. The quantitative estimate of drug-likeness (QED) is 0.375. The second-order valence-electron chi connectivity index (χ2n) is 6.16. The molecule has 1 aliphatic heterocycles. The van der Waals surface area contributed by atoms with Crippen LogP contribution < -0.4 is 0 Å². The van der Waals surface area contributed by atoms with E-state index in [9.17, 15) is 4.79 Å². The number of carbonyl (C=O) groups is 1. The molecule has 4 rings (SSSR count). The van der Waals surface area contributed by atoms with Gasteiger partial charge in [0.1, 0.15) is 5.60 Å². The number of ketones is 1. The van der Waals surface area contributed by atoms with E-state index in [0.29, 0.717) is 17.9 Å². The van der Waals surface area contributed by atoms with Crippen molar-refractivity contribution in [2.24, 2.45) is 0 Å². The topological polar surface area (TPSA) is 26.3 Å². The Balaban J connectivity index is 1.91. The molecular weight excluding hydrogens is 592 g/mol. The molecule has 2 aromatic carbocycles. The number of allylic oxidation sites excluding steroid dienone is 2. The summed E-state index contributed by atoms with van der Waals surface area (Å²) in [4.78, 5) is 12.4. The van der Waals surface area contributed by atoms with E-state index in [-0.39, 0.29) is 17.8 Å². The van der Waals surface area contributed by atoms with Crippen LogP contribution in [-0.2, 0) is 9.53 Å². The van der Waals surface area contributed by atoms with Gasteiger partial charge in [0.05, 0.1) is 30.0 Å². The molecule has 0 N–H and O–H groups in total.